The van der Waals surface area contributed by atoms with Gasteiger partial charge < -0.3 is 5.32 Å². The van der Waals surface area contributed by atoms with Crippen LogP contribution in [0.15, 0.2) is 0 Å². The lowest BCUT2D eigenvalue weighted by Gasteiger charge is -2.18. The molecule has 1 aliphatic carbocycles. The predicted octanol–water partition coefficient (Wildman–Crippen LogP) is 2.70. The first-order valence-corrected chi connectivity index (χ1v) is 5.81. The average Bonchev–Trinajstić information content (AvgIpc) is 2.58. The molecule has 1 N–H and O–H groups in total. The van der Waals surface area contributed by atoms with Gasteiger partial charge in [-0.25, -0.2) is 4.98 Å². The van der Waals surface area contributed by atoms with Crippen LogP contribution in [0.25, 0.3) is 0 Å². The van der Waals surface area contributed by atoms with Crippen LogP contribution in [0.1, 0.15) is 30.3 Å². The summed E-state index contributed by atoms with van der Waals surface area (Å²) >= 11 is 1.83. The summed E-state index contributed by atoms with van der Waals surface area (Å²) in [5.74, 6) is 0.901. The van der Waals surface area contributed by atoms with E-state index in [2.05, 4.69) is 17.2 Å². The van der Waals surface area contributed by atoms with Crippen LogP contribution in [-0.4, -0.2) is 12.0 Å². The van der Waals surface area contributed by atoms with Crippen molar-refractivity contribution >= 4 is 16.5 Å². The van der Waals surface area contributed by atoms with E-state index in [1.165, 1.54) is 36.3 Å². The molecule has 1 heterocycles. The van der Waals surface area contributed by atoms with Gasteiger partial charge in [0, 0.05) is 11.9 Å². The fraction of sp³-hybridized carbons (Fsp3) is 0.700. The summed E-state index contributed by atoms with van der Waals surface area (Å²) in [5.41, 5.74) is 1.35. The number of fused-ring (bicyclic) bond motifs is 1. The first-order chi connectivity index (χ1) is 6.33. The highest BCUT2D eigenvalue weighted by Gasteiger charge is 2.20. The molecule has 1 atom stereocenters. The van der Waals surface area contributed by atoms with E-state index < -0.39 is 0 Å². The van der Waals surface area contributed by atoms with Crippen molar-refractivity contribution in [3.05, 3.63) is 10.6 Å². The largest absolute Gasteiger partial charge is 0.365 e. The molecule has 0 aromatic carbocycles. The average molecular weight is 196 g/mol. The summed E-state index contributed by atoms with van der Waals surface area (Å²) in [6.45, 7) is 2.29. The molecule has 2 rings (SSSR count). The summed E-state index contributed by atoms with van der Waals surface area (Å²) < 4.78 is 0. The van der Waals surface area contributed by atoms with Gasteiger partial charge in [-0.3, -0.25) is 0 Å². The van der Waals surface area contributed by atoms with Crippen molar-refractivity contribution in [3.63, 3.8) is 0 Å². The van der Waals surface area contributed by atoms with Gasteiger partial charge in [0.05, 0.1) is 5.69 Å². The van der Waals surface area contributed by atoms with Gasteiger partial charge in [0.1, 0.15) is 0 Å². The highest BCUT2D eigenvalue weighted by atomic mass is 32.1. The summed E-state index contributed by atoms with van der Waals surface area (Å²) in [6.07, 6.45) is 5.08. The van der Waals surface area contributed by atoms with E-state index in [1.54, 1.807) is 0 Å². The van der Waals surface area contributed by atoms with Gasteiger partial charge in [-0.2, -0.15) is 0 Å². The lowest BCUT2D eigenvalue weighted by atomic mass is 9.89. The topological polar surface area (TPSA) is 24.9 Å². The number of thiazole rings is 1. The van der Waals surface area contributed by atoms with Gasteiger partial charge in [0.2, 0.25) is 0 Å². The summed E-state index contributed by atoms with van der Waals surface area (Å²) in [5, 5.41) is 4.21. The van der Waals surface area contributed by atoms with Crippen molar-refractivity contribution < 1.29 is 0 Å². The van der Waals surface area contributed by atoms with Crippen LogP contribution in [0.4, 0.5) is 5.13 Å². The molecule has 72 valence electrons. The second kappa shape index (κ2) is 3.66. The first-order valence-electron chi connectivity index (χ1n) is 4.99. The molecule has 0 spiro atoms. The zero-order chi connectivity index (χ0) is 9.26. The van der Waals surface area contributed by atoms with Gasteiger partial charge in [0.25, 0.3) is 0 Å². The smallest absolute Gasteiger partial charge is 0.182 e. The quantitative estimate of drug-likeness (QED) is 0.786. The molecular weight excluding hydrogens is 180 g/mol. The lowest BCUT2D eigenvalue weighted by Crippen LogP contribution is -2.11. The maximum atomic E-state index is 4.55. The Bertz CT molecular complexity index is 293. The molecule has 2 nitrogen and oxygen atoms in total. The van der Waals surface area contributed by atoms with Crippen LogP contribution < -0.4 is 5.32 Å². The Kier molecular flexibility index (Phi) is 2.54. The van der Waals surface area contributed by atoms with Crippen LogP contribution in [0.2, 0.25) is 0 Å². The standard InChI is InChI=1S/C10H16N2S/c1-3-7-4-5-8-9(6-7)13-10(11-2)12-8/h7H,3-6H2,1-2H3,(H,11,12). The molecular formula is C10H16N2S. The zero-order valence-corrected chi connectivity index (χ0v) is 9.08. The number of hydrogen-bond acceptors (Lipinski definition) is 3. The molecule has 0 saturated heterocycles. The van der Waals surface area contributed by atoms with E-state index in [9.17, 15) is 0 Å². The second-order valence-electron chi connectivity index (χ2n) is 3.66. The summed E-state index contributed by atoms with van der Waals surface area (Å²) in [4.78, 5) is 6.06. The van der Waals surface area contributed by atoms with Crippen molar-refractivity contribution in [3.8, 4) is 0 Å². The second-order valence-corrected chi connectivity index (χ2v) is 4.74. The molecule has 1 unspecified atom stereocenters. The fourth-order valence-electron chi connectivity index (χ4n) is 1.90. The van der Waals surface area contributed by atoms with Crippen LogP contribution in [0, 0.1) is 5.92 Å². The number of nitrogens with zero attached hydrogens (tertiary/aromatic N) is 1. The molecule has 0 fully saturated rings. The maximum absolute atomic E-state index is 4.55. The first kappa shape index (κ1) is 9.00. The summed E-state index contributed by atoms with van der Waals surface area (Å²) in [6, 6.07) is 0. The van der Waals surface area contributed by atoms with Gasteiger partial charge in [-0.1, -0.05) is 13.3 Å². The number of aryl methyl sites for hydroxylation is 1. The molecule has 1 aromatic heterocycles. The van der Waals surface area contributed by atoms with E-state index in [0.717, 1.165) is 11.0 Å². The van der Waals surface area contributed by atoms with Gasteiger partial charge >= 0.3 is 0 Å². The van der Waals surface area contributed by atoms with Crippen molar-refractivity contribution in [2.24, 2.45) is 5.92 Å². The van der Waals surface area contributed by atoms with Crippen molar-refractivity contribution in [1.82, 2.24) is 4.98 Å². The van der Waals surface area contributed by atoms with Crippen molar-refractivity contribution in [1.29, 1.82) is 0 Å². The highest BCUT2D eigenvalue weighted by Crippen LogP contribution is 2.33. The van der Waals surface area contributed by atoms with Crippen LogP contribution >= 0.6 is 11.3 Å². The molecule has 0 saturated carbocycles. The SMILES string of the molecule is CCC1CCc2nc(NC)sc2C1. The van der Waals surface area contributed by atoms with E-state index in [0.29, 0.717) is 0 Å². The molecule has 13 heavy (non-hydrogen) atoms. The maximum Gasteiger partial charge on any atom is 0.182 e. The molecule has 0 aliphatic heterocycles. The Hall–Kier alpha value is -0.570. The van der Waals surface area contributed by atoms with Gasteiger partial charge in [-0.15, -0.1) is 11.3 Å². The van der Waals surface area contributed by atoms with Crippen LogP contribution in [0.3, 0.4) is 0 Å². The fourth-order valence-corrected chi connectivity index (χ4v) is 2.97. The van der Waals surface area contributed by atoms with Crippen LogP contribution in [0.5, 0.6) is 0 Å². The Labute approximate surface area is 83.4 Å². The minimum Gasteiger partial charge on any atom is -0.365 e. The van der Waals surface area contributed by atoms with E-state index in [4.69, 9.17) is 0 Å². The van der Waals surface area contributed by atoms with Crippen molar-refractivity contribution in [2.45, 2.75) is 32.6 Å². The van der Waals surface area contributed by atoms with E-state index in [1.807, 2.05) is 18.4 Å². The Morgan fingerprint density at radius 1 is 1.62 bits per heavy atom. The molecule has 0 bridgehead atoms. The molecule has 3 heteroatoms. The Balaban J connectivity index is 2.19. The molecule has 0 amide bonds. The van der Waals surface area contributed by atoms with Crippen molar-refractivity contribution in [2.75, 3.05) is 12.4 Å². The number of nitrogens with one attached hydrogen (secondary N) is 1. The molecule has 0 radical (unpaired) electrons. The number of aromatic nitrogens is 1. The Morgan fingerprint density at radius 2 is 2.46 bits per heavy atom. The third kappa shape index (κ3) is 1.70. The number of rotatable bonds is 2. The van der Waals surface area contributed by atoms with Gasteiger partial charge in [0.15, 0.2) is 5.13 Å². The lowest BCUT2D eigenvalue weighted by molar-refractivity contribution is 0.446. The minimum atomic E-state index is 0.901. The minimum absolute atomic E-state index is 0.901. The van der Waals surface area contributed by atoms with E-state index in [-0.39, 0.29) is 0 Å². The third-order valence-electron chi connectivity index (χ3n) is 2.83. The third-order valence-corrected chi connectivity index (χ3v) is 3.97. The highest BCUT2D eigenvalue weighted by molar-refractivity contribution is 7.15. The van der Waals surface area contributed by atoms with E-state index >= 15 is 0 Å². The number of anilines is 1. The van der Waals surface area contributed by atoms with Gasteiger partial charge in [-0.05, 0) is 25.2 Å². The van der Waals surface area contributed by atoms with Crippen LogP contribution in [-0.2, 0) is 12.8 Å². The molecule has 1 aromatic rings. The predicted molar refractivity (Wildman–Crippen MR) is 57.5 cm³/mol. The Morgan fingerprint density at radius 3 is 3.15 bits per heavy atom. The normalized spacial score (nSPS) is 21.2. The molecule has 1 aliphatic rings. The monoisotopic (exact) mass is 196 g/mol. The summed E-state index contributed by atoms with van der Waals surface area (Å²) in [7, 11) is 1.95. The zero-order valence-electron chi connectivity index (χ0n) is 8.26. The number of hydrogen-bond donors (Lipinski definition) is 1.